The summed E-state index contributed by atoms with van der Waals surface area (Å²) in [7, 11) is 1.55. The molecule has 1 aromatic carbocycles. The molecule has 1 aromatic rings. The Bertz CT molecular complexity index is 456. The van der Waals surface area contributed by atoms with Crippen LogP contribution in [-0.4, -0.2) is 25.2 Å². The van der Waals surface area contributed by atoms with Gasteiger partial charge in [-0.2, -0.15) is 0 Å². The highest BCUT2D eigenvalue weighted by Gasteiger charge is 2.32. The van der Waals surface area contributed by atoms with Gasteiger partial charge in [-0.3, -0.25) is 4.79 Å². The molecular weight excluding hydrogens is 278 g/mol. The number of amides is 1. The van der Waals surface area contributed by atoms with E-state index in [-0.39, 0.29) is 5.91 Å². The number of rotatable bonds is 7. The molecule has 0 aliphatic carbocycles. The highest BCUT2D eigenvalue weighted by Crippen LogP contribution is 2.28. The second-order valence-electron chi connectivity index (χ2n) is 4.72. The standard InChI is InChI=1S/C15H22ClNO3/c1-5-9-15(3,20-6-2)14(18)17-11-7-8-13(19-4)12(16)10-11/h7-8,10H,5-6,9H2,1-4H3,(H,17,18). The molecule has 112 valence electrons. The summed E-state index contributed by atoms with van der Waals surface area (Å²) in [6, 6.07) is 5.13. The van der Waals surface area contributed by atoms with Crippen LogP contribution in [0.3, 0.4) is 0 Å². The number of carbonyl (C=O) groups excluding carboxylic acids is 1. The van der Waals surface area contributed by atoms with E-state index in [1.54, 1.807) is 32.2 Å². The van der Waals surface area contributed by atoms with Crippen molar-refractivity contribution in [1.29, 1.82) is 0 Å². The third-order valence-electron chi connectivity index (χ3n) is 3.08. The first-order chi connectivity index (χ1) is 9.46. The Hall–Kier alpha value is -1.26. The summed E-state index contributed by atoms with van der Waals surface area (Å²) in [5, 5.41) is 3.30. The maximum atomic E-state index is 12.4. The van der Waals surface area contributed by atoms with Gasteiger partial charge in [-0.15, -0.1) is 0 Å². The molecule has 0 saturated carbocycles. The van der Waals surface area contributed by atoms with Crippen molar-refractivity contribution >= 4 is 23.2 Å². The van der Waals surface area contributed by atoms with E-state index in [2.05, 4.69) is 5.32 Å². The normalized spacial score (nSPS) is 13.7. The van der Waals surface area contributed by atoms with Crippen molar-refractivity contribution in [2.24, 2.45) is 0 Å². The van der Waals surface area contributed by atoms with E-state index in [9.17, 15) is 4.79 Å². The lowest BCUT2D eigenvalue weighted by Crippen LogP contribution is -2.42. The molecule has 0 aliphatic heterocycles. The van der Waals surface area contributed by atoms with Crippen LogP contribution in [0.5, 0.6) is 5.75 Å². The number of halogens is 1. The Morgan fingerprint density at radius 2 is 2.10 bits per heavy atom. The molecule has 0 saturated heterocycles. The fraction of sp³-hybridized carbons (Fsp3) is 0.533. The topological polar surface area (TPSA) is 47.6 Å². The predicted molar refractivity (Wildman–Crippen MR) is 81.6 cm³/mol. The minimum Gasteiger partial charge on any atom is -0.495 e. The molecule has 0 radical (unpaired) electrons. The number of methoxy groups -OCH3 is 1. The number of carbonyl (C=O) groups is 1. The monoisotopic (exact) mass is 299 g/mol. The molecule has 0 aliphatic rings. The number of hydrogen-bond acceptors (Lipinski definition) is 3. The minimum atomic E-state index is -0.824. The Morgan fingerprint density at radius 1 is 1.40 bits per heavy atom. The molecule has 1 amide bonds. The number of benzene rings is 1. The Morgan fingerprint density at radius 3 is 2.60 bits per heavy atom. The Labute approximate surface area is 125 Å². The van der Waals surface area contributed by atoms with Gasteiger partial charge in [0.25, 0.3) is 5.91 Å². The van der Waals surface area contributed by atoms with Crippen LogP contribution in [0, 0.1) is 0 Å². The lowest BCUT2D eigenvalue weighted by Gasteiger charge is -2.27. The van der Waals surface area contributed by atoms with Crippen LogP contribution in [-0.2, 0) is 9.53 Å². The molecular formula is C15H22ClNO3. The molecule has 0 aromatic heterocycles. The molecule has 1 atom stereocenters. The summed E-state index contributed by atoms with van der Waals surface area (Å²) in [6.07, 6.45) is 1.53. The quantitative estimate of drug-likeness (QED) is 0.831. The average Bonchev–Trinajstić information content (AvgIpc) is 2.39. The highest BCUT2D eigenvalue weighted by molar-refractivity contribution is 6.32. The van der Waals surface area contributed by atoms with E-state index >= 15 is 0 Å². The van der Waals surface area contributed by atoms with Crippen LogP contribution in [0.25, 0.3) is 0 Å². The molecule has 0 spiro atoms. The van der Waals surface area contributed by atoms with Gasteiger partial charge >= 0.3 is 0 Å². The van der Waals surface area contributed by atoms with E-state index in [1.807, 2.05) is 13.8 Å². The summed E-state index contributed by atoms with van der Waals surface area (Å²) in [5.74, 6) is 0.410. The molecule has 0 heterocycles. The van der Waals surface area contributed by atoms with Crippen molar-refractivity contribution in [3.05, 3.63) is 23.2 Å². The minimum absolute atomic E-state index is 0.164. The molecule has 1 N–H and O–H groups in total. The summed E-state index contributed by atoms with van der Waals surface area (Å²) in [6.45, 7) is 6.20. The van der Waals surface area contributed by atoms with Gasteiger partial charge < -0.3 is 14.8 Å². The smallest absolute Gasteiger partial charge is 0.256 e. The lowest BCUT2D eigenvalue weighted by molar-refractivity contribution is -0.139. The van der Waals surface area contributed by atoms with Crippen molar-refractivity contribution in [2.75, 3.05) is 19.0 Å². The SMILES string of the molecule is CCCC(C)(OCC)C(=O)Nc1ccc(OC)c(Cl)c1. The highest BCUT2D eigenvalue weighted by atomic mass is 35.5. The Kier molecular flexibility index (Phi) is 6.30. The van der Waals surface area contributed by atoms with E-state index in [0.717, 1.165) is 6.42 Å². The van der Waals surface area contributed by atoms with E-state index in [0.29, 0.717) is 29.5 Å². The average molecular weight is 300 g/mol. The fourth-order valence-electron chi connectivity index (χ4n) is 2.05. The molecule has 1 unspecified atom stereocenters. The zero-order valence-corrected chi connectivity index (χ0v) is 13.2. The van der Waals surface area contributed by atoms with Gasteiger partial charge in [-0.05, 0) is 38.5 Å². The van der Waals surface area contributed by atoms with Gasteiger partial charge in [0, 0.05) is 12.3 Å². The van der Waals surface area contributed by atoms with Crippen LogP contribution < -0.4 is 10.1 Å². The predicted octanol–water partition coefficient (Wildman–Crippen LogP) is 3.88. The van der Waals surface area contributed by atoms with Gasteiger partial charge in [0.05, 0.1) is 12.1 Å². The van der Waals surface area contributed by atoms with Gasteiger partial charge in [0.2, 0.25) is 0 Å². The van der Waals surface area contributed by atoms with Crippen molar-refractivity contribution in [1.82, 2.24) is 0 Å². The first kappa shape index (κ1) is 16.8. The van der Waals surface area contributed by atoms with E-state index in [1.165, 1.54) is 0 Å². The summed E-state index contributed by atoms with van der Waals surface area (Å²) in [5.41, 5.74) is -0.196. The maximum absolute atomic E-state index is 12.4. The first-order valence-corrected chi connectivity index (χ1v) is 7.13. The van der Waals surface area contributed by atoms with Gasteiger partial charge in [0.15, 0.2) is 0 Å². The molecule has 20 heavy (non-hydrogen) atoms. The van der Waals surface area contributed by atoms with Crippen molar-refractivity contribution < 1.29 is 14.3 Å². The lowest BCUT2D eigenvalue weighted by atomic mass is 9.99. The van der Waals surface area contributed by atoms with Crippen LogP contribution in [0.4, 0.5) is 5.69 Å². The van der Waals surface area contributed by atoms with Crippen LogP contribution in [0.15, 0.2) is 18.2 Å². The largest absolute Gasteiger partial charge is 0.495 e. The van der Waals surface area contributed by atoms with Gasteiger partial charge in [0.1, 0.15) is 11.4 Å². The van der Waals surface area contributed by atoms with Crippen LogP contribution >= 0.6 is 11.6 Å². The van der Waals surface area contributed by atoms with Crippen LogP contribution in [0.2, 0.25) is 5.02 Å². The molecule has 5 heteroatoms. The third-order valence-corrected chi connectivity index (χ3v) is 3.38. The molecule has 0 bridgehead atoms. The number of nitrogens with one attached hydrogen (secondary N) is 1. The van der Waals surface area contributed by atoms with Crippen molar-refractivity contribution in [2.45, 2.75) is 39.2 Å². The maximum Gasteiger partial charge on any atom is 0.256 e. The third kappa shape index (κ3) is 4.12. The zero-order chi connectivity index (χ0) is 15.2. The Balaban J connectivity index is 2.85. The molecule has 4 nitrogen and oxygen atoms in total. The first-order valence-electron chi connectivity index (χ1n) is 6.75. The van der Waals surface area contributed by atoms with E-state index in [4.69, 9.17) is 21.1 Å². The van der Waals surface area contributed by atoms with Crippen molar-refractivity contribution in [3.8, 4) is 5.75 Å². The molecule has 0 fully saturated rings. The molecule has 1 rings (SSSR count). The zero-order valence-electron chi connectivity index (χ0n) is 12.5. The second kappa shape index (κ2) is 7.50. The number of anilines is 1. The fourth-order valence-corrected chi connectivity index (χ4v) is 2.31. The van der Waals surface area contributed by atoms with Crippen molar-refractivity contribution in [3.63, 3.8) is 0 Å². The summed E-state index contributed by atoms with van der Waals surface area (Å²) < 4.78 is 10.7. The summed E-state index contributed by atoms with van der Waals surface area (Å²) in [4.78, 5) is 12.4. The number of hydrogen-bond donors (Lipinski definition) is 1. The summed E-state index contributed by atoms with van der Waals surface area (Å²) >= 11 is 6.04. The van der Waals surface area contributed by atoms with Gasteiger partial charge in [-0.1, -0.05) is 24.9 Å². The second-order valence-corrected chi connectivity index (χ2v) is 5.12. The van der Waals surface area contributed by atoms with Crippen LogP contribution in [0.1, 0.15) is 33.6 Å². The van der Waals surface area contributed by atoms with E-state index < -0.39 is 5.60 Å². The van der Waals surface area contributed by atoms with Gasteiger partial charge in [-0.25, -0.2) is 0 Å². The number of ether oxygens (including phenoxy) is 2.